The van der Waals surface area contributed by atoms with E-state index in [1.165, 1.54) is 47.5 Å². The SMILES string of the molecule is CCc1ccc(-c2ccc(-c3ccc(C4CCCC4)cc3)c(F)c2F)s1. The number of aryl methyl sites for hydroxylation is 1. The van der Waals surface area contributed by atoms with Crippen molar-refractivity contribution in [2.24, 2.45) is 0 Å². The number of thiophene rings is 1. The van der Waals surface area contributed by atoms with Gasteiger partial charge in [0.05, 0.1) is 0 Å². The van der Waals surface area contributed by atoms with Crippen LogP contribution in [-0.2, 0) is 6.42 Å². The Morgan fingerprint density at radius 2 is 1.50 bits per heavy atom. The molecular weight excluding hydrogens is 346 g/mol. The van der Waals surface area contributed by atoms with Gasteiger partial charge in [-0.05, 0) is 54.5 Å². The van der Waals surface area contributed by atoms with Crippen molar-refractivity contribution < 1.29 is 8.78 Å². The third-order valence-electron chi connectivity index (χ3n) is 5.41. The highest BCUT2D eigenvalue weighted by molar-refractivity contribution is 7.15. The standard InChI is InChI=1S/C23H22F2S/c1-2-18-11-14-21(26-18)20-13-12-19(22(24)23(20)25)17-9-7-16(8-10-17)15-5-3-4-6-15/h7-15H,2-6H2,1H3. The summed E-state index contributed by atoms with van der Waals surface area (Å²) >= 11 is 1.52. The molecule has 0 radical (unpaired) electrons. The van der Waals surface area contributed by atoms with Crippen LogP contribution in [0.3, 0.4) is 0 Å². The van der Waals surface area contributed by atoms with Gasteiger partial charge >= 0.3 is 0 Å². The molecule has 0 N–H and O–H groups in total. The van der Waals surface area contributed by atoms with Gasteiger partial charge in [0.1, 0.15) is 0 Å². The molecule has 3 heteroatoms. The second-order valence-electron chi connectivity index (χ2n) is 7.01. The molecular formula is C23H22F2S. The molecule has 2 aromatic carbocycles. The summed E-state index contributed by atoms with van der Waals surface area (Å²) in [6, 6.07) is 15.2. The smallest absolute Gasteiger partial charge is 0.168 e. The van der Waals surface area contributed by atoms with Gasteiger partial charge in [0.25, 0.3) is 0 Å². The van der Waals surface area contributed by atoms with Crippen molar-refractivity contribution in [3.8, 4) is 21.6 Å². The Morgan fingerprint density at radius 3 is 2.15 bits per heavy atom. The van der Waals surface area contributed by atoms with E-state index in [9.17, 15) is 8.78 Å². The first kappa shape index (κ1) is 17.4. The summed E-state index contributed by atoms with van der Waals surface area (Å²) in [5.74, 6) is -0.894. The molecule has 0 bridgehead atoms. The van der Waals surface area contributed by atoms with Gasteiger partial charge in [0, 0.05) is 20.9 Å². The molecule has 1 aromatic heterocycles. The van der Waals surface area contributed by atoms with Gasteiger partial charge in [-0.1, -0.05) is 50.1 Å². The van der Waals surface area contributed by atoms with E-state index in [4.69, 9.17) is 0 Å². The lowest BCUT2D eigenvalue weighted by Crippen LogP contribution is -1.95. The molecule has 3 aromatic rings. The second-order valence-corrected chi connectivity index (χ2v) is 8.18. The van der Waals surface area contributed by atoms with Crippen molar-refractivity contribution >= 4 is 11.3 Å². The second kappa shape index (κ2) is 7.32. The van der Waals surface area contributed by atoms with Crippen molar-refractivity contribution in [3.05, 3.63) is 70.6 Å². The van der Waals surface area contributed by atoms with E-state index in [-0.39, 0.29) is 0 Å². The minimum absolute atomic E-state index is 0.330. The fourth-order valence-electron chi connectivity index (χ4n) is 3.87. The van der Waals surface area contributed by atoms with Gasteiger partial charge in [-0.15, -0.1) is 11.3 Å². The first-order valence-corrected chi connectivity index (χ1v) is 10.2. The van der Waals surface area contributed by atoms with Gasteiger partial charge in [0.15, 0.2) is 11.6 Å². The quantitative estimate of drug-likeness (QED) is 0.445. The molecule has 1 aliphatic rings. The molecule has 0 amide bonds. The molecule has 0 unspecified atom stereocenters. The van der Waals surface area contributed by atoms with Crippen LogP contribution in [0, 0.1) is 11.6 Å². The van der Waals surface area contributed by atoms with E-state index in [2.05, 4.69) is 19.1 Å². The van der Waals surface area contributed by atoms with Crippen LogP contribution in [0.1, 0.15) is 49.0 Å². The molecule has 26 heavy (non-hydrogen) atoms. The fourth-order valence-corrected chi connectivity index (χ4v) is 4.84. The van der Waals surface area contributed by atoms with E-state index in [1.54, 1.807) is 12.1 Å². The van der Waals surface area contributed by atoms with Crippen LogP contribution in [0.2, 0.25) is 0 Å². The van der Waals surface area contributed by atoms with Crippen molar-refractivity contribution in [1.82, 2.24) is 0 Å². The van der Waals surface area contributed by atoms with Crippen LogP contribution in [-0.4, -0.2) is 0 Å². The number of benzene rings is 2. The van der Waals surface area contributed by atoms with E-state index in [1.807, 2.05) is 24.3 Å². The van der Waals surface area contributed by atoms with Gasteiger partial charge < -0.3 is 0 Å². The summed E-state index contributed by atoms with van der Waals surface area (Å²) in [6.07, 6.45) is 5.95. The molecule has 1 aliphatic carbocycles. The molecule has 1 fully saturated rings. The average Bonchev–Trinajstić information content (AvgIpc) is 3.36. The summed E-state index contributed by atoms with van der Waals surface area (Å²) < 4.78 is 29.5. The zero-order valence-electron chi connectivity index (χ0n) is 14.9. The van der Waals surface area contributed by atoms with Gasteiger partial charge in [-0.3, -0.25) is 0 Å². The number of hydrogen-bond donors (Lipinski definition) is 0. The summed E-state index contributed by atoms with van der Waals surface area (Å²) in [5.41, 5.74) is 2.72. The van der Waals surface area contributed by atoms with Crippen LogP contribution in [0.25, 0.3) is 21.6 Å². The highest BCUT2D eigenvalue weighted by Crippen LogP contribution is 2.37. The lowest BCUT2D eigenvalue weighted by Gasteiger charge is -2.12. The summed E-state index contributed by atoms with van der Waals surface area (Å²) in [6.45, 7) is 2.06. The van der Waals surface area contributed by atoms with E-state index in [0.29, 0.717) is 17.0 Å². The topological polar surface area (TPSA) is 0 Å². The van der Waals surface area contributed by atoms with Crippen LogP contribution >= 0.6 is 11.3 Å². The largest absolute Gasteiger partial charge is 0.203 e. The summed E-state index contributed by atoms with van der Waals surface area (Å²) in [4.78, 5) is 1.95. The Bertz CT molecular complexity index is 902. The highest BCUT2D eigenvalue weighted by Gasteiger charge is 2.19. The maximum Gasteiger partial charge on any atom is 0.168 e. The zero-order chi connectivity index (χ0) is 18.1. The molecule has 0 nitrogen and oxygen atoms in total. The van der Waals surface area contributed by atoms with Crippen LogP contribution < -0.4 is 0 Å². The Hall–Kier alpha value is -2.00. The van der Waals surface area contributed by atoms with E-state index in [0.717, 1.165) is 16.9 Å². The predicted molar refractivity (Wildman–Crippen MR) is 106 cm³/mol. The lowest BCUT2D eigenvalue weighted by molar-refractivity contribution is 0.514. The van der Waals surface area contributed by atoms with Gasteiger partial charge in [-0.2, -0.15) is 0 Å². The van der Waals surface area contributed by atoms with Crippen molar-refractivity contribution in [2.45, 2.75) is 44.9 Å². The molecule has 0 saturated heterocycles. The van der Waals surface area contributed by atoms with Crippen LogP contribution in [0.4, 0.5) is 8.78 Å². The minimum atomic E-state index is -0.762. The summed E-state index contributed by atoms with van der Waals surface area (Å²) in [7, 11) is 0. The summed E-state index contributed by atoms with van der Waals surface area (Å²) in [5, 5.41) is 0. The maximum absolute atomic E-state index is 14.8. The Labute approximate surface area is 157 Å². The van der Waals surface area contributed by atoms with Crippen LogP contribution in [0.5, 0.6) is 0 Å². The Morgan fingerprint density at radius 1 is 0.846 bits per heavy atom. The maximum atomic E-state index is 14.8. The first-order valence-electron chi connectivity index (χ1n) is 9.34. The van der Waals surface area contributed by atoms with Crippen molar-refractivity contribution in [3.63, 3.8) is 0 Å². The number of rotatable bonds is 4. The zero-order valence-corrected chi connectivity index (χ0v) is 15.7. The molecule has 1 saturated carbocycles. The third-order valence-corrected chi connectivity index (χ3v) is 6.67. The van der Waals surface area contributed by atoms with E-state index < -0.39 is 11.6 Å². The predicted octanol–water partition coefficient (Wildman–Crippen LogP) is 7.58. The molecule has 134 valence electrons. The molecule has 1 heterocycles. The monoisotopic (exact) mass is 368 g/mol. The van der Waals surface area contributed by atoms with Crippen molar-refractivity contribution in [1.29, 1.82) is 0 Å². The molecule has 0 spiro atoms. The molecule has 4 rings (SSSR count). The minimum Gasteiger partial charge on any atom is -0.203 e. The Kier molecular flexibility index (Phi) is 4.90. The van der Waals surface area contributed by atoms with Gasteiger partial charge in [0.2, 0.25) is 0 Å². The van der Waals surface area contributed by atoms with E-state index >= 15 is 0 Å². The lowest BCUT2D eigenvalue weighted by atomic mass is 9.94. The highest BCUT2D eigenvalue weighted by atomic mass is 32.1. The van der Waals surface area contributed by atoms with Crippen LogP contribution in [0.15, 0.2) is 48.5 Å². The normalized spacial score (nSPS) is 14.9. The number of hydrogen-bond acceptors (Lipinski definition) is 1. The van der Waals surface area contributed by atoms with Crippen molar-refractivity contribution in [2.75, 3.05) is 0 Å². The average molecular weight is 368 g/mol. The Balaban J connectivity index is 1.65. The molecule has 0 aliphatic heterocycles. The number of halogens is 2. The third kappa shape index (κ3) is 3.21. The fraction of sp³-hybridized carbons (Fsp3) is 0.304. The van der Waals surface area contributed by atoms with Gasteiger partial charge in [-0.25, -0.2) is 8.78 Å². The first-order chi connectivity index (χ1) is 12.7. The molecule has 0 atom stereocenters.